The van der Waals surface area contributed by atoms with E-state index in [9.17, 15) is 14.9 Å². The van der Waals surface area contributed by atoms with Crippen molar-refractivity contribution in [3.05, 3.63) is 70.4 Å². The molecule has 6 nitrogen and oxygen atoms in total. The van der Waals surface area contributed by atoms with Gasteiger partial charge >= 0.3 is 0 Å². The highest BCUT2D eigenvalue weighted by Crippen LogP contribution is 2.12. The molecule has 100 valence electrons. The Balaban J connectivity index is 1.98. The van der Waals surface area contributed by atoms with E-state index in [2.05, 4.69) is 10.3 Å². The maximum atomic E-state index is 11.6. The van der Waals surface area contributed by atoms with E-state index in [1.54, 1.807) is 42.6 Å². The van der Waals surface area contributed by atoms with E-state index in [0.717, 1.165) is 0 Å². The number of aromatic nitrogens is 1. The minimum atomic E-state index is -0.471. The van der Waals surface area contributed by atoms with Gasteiger partial charge in [-0.25, -0.2) is 4.98 Å². The van der Waals surface area contributed by atoms with Gasteiger partial charge in [0, 0.05) is 24.4 Å². The van der Waals surface area contributed by atoms with E-state index in [1.807, 2.05) is 0 Å². The molecule has 0 aliphatic rings. The minimum Gasteiger partial charge on any atom is -0.307 e. The first-order chi connectivity index (χ1) is 9.65. The van der Waals surface area contributed by atoms with Gasteiger partial charge in [-0.1, -0.05) is 6.07 Å². The summed E-state index contributed by atoms with van der Waals surface area (Å²) in [6, 6.07) is 11.1. The van der Waals surface area contributed by atoms with Crippen LogP contribution < -0.4 is 5.32 Å². The fourth-order valence-electron chi connectivity index (χ4n) is 1.48. The Morgan fingerprint density at radius 2 is 1.95 bits per heavy atom. The highest BCUT2D eigenvalue weighted by molar-refractivity contribution is 6.01. The molecule has 0 spiro atoms. The highest BCUT2D eigenvalue weighted by atomic mass is 16.6. The average molecular weight is 269 g/mol. The van der Waals surface area contributed by atoms with Crippen molar-refractivity contribution in [3.63, 3.8) is 0 Å². The number of nitro benzene ring substituents is 1. The summed E-state index contributed by atoms with van der Waals surface area (Å²) in [4.78, 5) is 25.6. The quantitative estimate of drug-likeness (QED) is 0.525. The smallest absolute Gasteiger partial charge is 0.269 e. The van der Waals surface area contributed by atoms with Gasteiger partial charge < -0.3 is 5.32 Å². The van der Waals surface area contributed by atoms with Crippen molar-refractivity contribution in [1.82, 2.24) is 4.98 Å². The van der Waals surface area contributed by atoms with Crippen LogP contribution in [-0.4, -0.2) is 15.8 Å². The minimum absolute atomic E-state index is 0.0140. The van der Waals surface area contributed by atoms with Gasteiger partial charge in [0.1, 0.15) is 5.82 Å². The van der Waals surface area contributed by atoms with E-state index in [-0.39, 0.29) is 11.6 Å². The number of amides is 1. The van der Waals surface area contributed by atoms with Crippen LogP contribution >= 0.6 is 0 Å². The van der Waals surface area contributed by atoms with Crippen molar-refractivity contribution in [1.29, 1.82) is 0 Å². The number of hydrogen-bond acceptors (Lipinski definition) is 4. The number of benzene rings is 1. The molecule has 1 heterocycles. The van der Waals surface area contributed by atoms with Crippen molar-refractivity contribution >= 4 is 23.5 Å². The van der Waals surface area contributed by atoms with Crippen molar-refractivity contribution in [3.8, 4) is 0 Å². The van der Waals surface area contributed by atoms with Crippen LogP contribution in [0.25, 0.3) is 6.08 Å². The second-order valence-electron chi connectivity index (χ2n) is 3.89. The lowest BCUT2D eigenvalue weighted by Gasteiger charge is -1.99. The van der Waals surface area contributed by atoms with Gasteiger partial charge in [0.25, 0.3) is 5.69 Å². The Morgan fingerprint density at radius 3 is 2.55 bits per heavy atom. The molecule has 0 unspecified atom stereocenters. The number of carbonyl (C=O) groups is 1. The van der Waals surface area contributed by atoms with E-state index >= 15 is 0 Å². The zero-order valence-electron chi connectivity index (χ0n) is 10.4. The standard InChI is InChI=1S/C14H11N3O3/c18-14(16-13-3-1-2-10-15-13)9-6-11-4-7-12(8-5-11)17(19)20/h1-10H,(H,15,16,18). The second-order valence-corrected chi connectivity index (χ2v) is 3.89. The van der Waals surface area contributed by atoms with E-state index in [1.165, 1.54) is 18.2 Å². The largest absolute Gasteiger partial charge is 0.307 e. The highest BCUT2D eigenvalue weighted by Gasteiger charge is 2.02. The Bertz CT molecular complexity index is 636. The number of rotatable bonds is 4. The molecule has 1 N–H and O–H groups in total. The summed E-state index contributed by atoms with van der Waals surface area (Å²) in [7, 11) is 0. The van der Waals surface area contributed by atoms with E-state index < -0.39 is 4.92 Å². The van der Waals surface area contributed by atoms with Gasteiger partial charge in [0.05, 0.1) is 4.92 Å². The molecular formula is C14H11N3O3. The summed E-state index contributed by atoms with van der Waals surface area (Å²) in [5.41, 5.74) is 0.715. The monoisotopic (exact) mass is 269 g/mol. The molecule has 0 saturated heterocycles. The third-order valence-corrected chi connectivity index (χ3v) is 2.45. The summed E-state index contributed by atoms with van der Waals surface area (Å²) in [5, 5.41) is 13.1. The predicted octanol–water partition coefficient (Wildman–Crippen LogP) is 2.64. The summed E-state index contributed by atoms with van der Waals surface area (Å²) < 4.78 is 0. The van der Waals surface area contributed by atoms with Crippen LogP contribution in [0, 0.1) is 10.1 Å². The van der Waals surface area contributed by atoms with Crippen molar-refractivity contribution in [2.75, 3.05) is 5.32 Å². The summed E-state index contributed by atoms with van der Waals surface area (Å²) in [6.45, 7) is 0. The first-order valence-electron chi connectivity index (χ1n) is 5.80. The van der Waals surface area contributed by atoms with Gasteiger partial charge in [0.2, 0.25) is 5.91 Å². The van der Waals surface area contributed by atoms with Crippen molar-refractivity contribution < 1.29 is 9.72 Å². The number of nitrogens with one attached hydrogen (secondary N) is 1. The molecule has 2 rings (SSSR count). The molecule has 0 aliphatic carbocycles. The molecule has 0 atom stereocenters. The lowest BCUT2D eigenvalue weighted by Crippen LogP contribution is -2.08. The maximum Gasteiger partial charge on any atom is 0.269 e. The predicted molar refractivity (Wildman–Crippen MR) is 75.0 cm³/mol. The van der Waals surface area contributed by atoms with Crippen LogP contribution in [0.1, 0.15) is 5.56 Å². The summed E-state index contributed by atoms with van der Waals surface area (Å²) in [6.07, 6.45) is 4.49. The van der Waals surface area contributed by atoms with Crippen LogP contribution in [0.3, 0.4) is 0 Å². The molecule has 0 aliphatic heterocycles. The van der Waals surface area contributed by atoms with Gasteiger partial charge in [0.15, 0.2) is 0 Å². The van der Waals surface area contributed by atoms with Crippen LogP contribution in [0.4, 0.5) is 11.5 Å². The third-order valence-electron chi connectivity index (χ3n) is 2.45. The molecule has 0 radical (unpaired) electrons. The van der Waals surface area contributed by atoms with Crippen molar-refractivity contribution in [2.45, 2.75) is 0 Å². The lowest BCUT2D eigenvalue weighted by atomic mass is 10.2. The SMILES string of the molecule is O=C(C=Cc1ccc([N+](=O)[O-])cc1)Nc1ccccn1. The maximum absolute atomic E-state index is 11.6. The molecule has 1 aromatic carbocycles. The zero-order valence-corrected chi connectivity index (χ0v) is 10.4. The first-order valence-corrected chi connectivity index (χ1v) is 5.80. The Morgan fingerprint density at radius 1 is 1.20 bits per heavy atom. The van der Waals surface area contributed by atoms with Crippen molar-refractivity contribution in [2.24, 2.45) is 0 Å². The number of pyridine rings is 1. The number of hydrogen-bond donors (Lipinski definition) is 1. The summed E-state index contributed by atoms with van der Waals surface area (Å²) >= 11 is 0. The number of anilines is 1. The fourth-order valence-corrected chi connectivity index (χ4v) is 1.48. The molecule has 2 aromatic rings. The number of non-ortho nitro benzene ring substituents is 1. The van der Waals surface area contributed by atoms with E-state index in [4.69, 9.17) is 0 Å². The Hall–Kier alpha value is -3.02. The van der Waals surface area contributed by atoms with Crippen LogP contribution in [0.15, 0.2) is 54.7 Å². The lowest BCUT2D eigenvalue weighted by molar-refractivity contribution is -0.384. The molecular weight excluding hydrogens is 258 g/mol. The molecule has 0 fully saturated rings. The molecule has 1 amide bonds. The van der Waals surface area contributed by atoms with Gasteiger partial charge in [-0.15, -0.1) is 0 Å². The third kappa shape index (κ3) is 3.74. The first kappa shape index (κ1) is 13.4. The molecule has 0 bridgehead atoms. The molecule has 0 saturated carbocycles. The number of nitrogens with zero attached hydrogens (tertiary/aromatic N) is 2. The average Bonchev–Trinajstić information content (AvgIpc) is 2.46. The van der Waals surface area contributed by atoms with Crippen LogP contribution in [0.2, 0.25) is 0 Å². The zero-order chi connectivity index (χ0) is 14.4. The normalized spacial score (nSPS) is 10.4. The summed E-state index contributed by atoms with van der Waals surface area (Å²) in [5.74, 6) is 0.146. The van der Waals surface area contributed by atoms with Crippen LogP contribution in [-0.2, 0) is 4.79 Å². The second kappa shape index (κ2) is 6.24. The Kier molecular flexibility index (Phi) is 4.18. The number of carbonyl (C=O) groups excluding carboxylic acids is 1. The topological polar surface area (TPSA) is 85.1 Å². The van der Waals surface area contributed by atoms with Crippen LogP contribution in [0.5, 0.6) is 0 Å². The molecule has 1 aromatic heterocycles. The Labute approximate surface area is 114 Å². The van der Waals surface area contributed by atoms with Gasteiger partial charge in [-0.2, -0.15) is 0 Å². The number of nitro groups is 1. The molecule has 20 heavy (non-hydrogen) atoms. The van der Waals surface area contributed by atoms with E-state index in [0.29, 0.717) is 11.4 Å². The van der Waals surface area contributed by atoms with Gasteiger partial charge in [-0.3, -0.25) is 14.9 Å². The van der Waals surface area contributed by atoms with Gasteiger partial charge in [-0.05, 0) is 35.9 Å². The fraction of sp³-hybridized carbons (Fsp3) is 0. The molecule has 6 heteroatoms.